The summed E-state index contributed by atoms with van der Waals surface area (Å²) in [6.45, 7) is 3.75. The molecule has 0 heterocycles. The van der Waals surface area contributed by atoms with E-state index in [0.717, 1.165) is 5.56 Å². The topological polar surface area (TPSA) is 46.6 Å². The second kappa shape index (κ2) is 5.48. The number of ether oxygens (including phenoxy) is 1. The lowest BCUT2D eigenvalue weighted by Gasteiger charge is -2.16. The zero-order valence-electron chi connectivity index (χ0n) is 10.6. The molecule has 0 radical (unpaired) electrons. The number of ketones is 1. The van der Waals surface area contributed by atoms with Crippen molar-refractivity contribution in [3.63, 3.8) is 0 Å². The number of nitrogens with zero attached hydrogens (tertiary/aromatic N) is 1. The summed E-state index contributed by atoms with van der Waals surface area (Å²) in [4.78, 5) is 25.1. The van der Waals surface area contributed by atoms with Crippen LogP contribution in [0.4, 0.5) is 5.69 Å². The SMILES string of the molecule is CCOC(=O)C(=O)c1cc(C)ccc1N(C)C. The van der Waals surface area contributed by atoms with E-state index in [9.17, 15) is 9.59 Å². The molecule has 1 rings (SSSR count). The molecule has 4 nitrogen and oxygen atoms in total. The van der Waals surface area contributed by atoms with Crippen molar-refractivity contribution in [2.45, 2.75) is 13.8 Å². The second-order valence-electron chi connectivity index (χ2n) is 3.96. The number of carbonyl (C=O) groups excluding carboxylic acids is 2. The Hall–Kier alpha value is -1.84. The summed E-state index contributed by atoms with van der Waals surface area (Å²) in [5.74, 6) is -1.40. The minimum atomic E-state index is -0.804. The highest BCUT2D eigenvalue weighted by atomic mass is 16.5. The minimum absolute atomic E-state index is 0.202. The molecule has 1 aromatic rings. The van der Waals surface area contributed by atoms with Gasteiger partial charge in [-0.05, 0) is 26.0 Å². The highest BCUT2D eigenvalue weighted by Crippen LogP contribution is 2.20. The molecule has 0 saturated carbocycles. The molecule has 0 aliphatic rings. The molecular weight excluding hydrogens is 218 g/mol. The Kier molecular flexibility index (Phi) is 4.26. The van der Waals surface area contributed by atoms with Gasteiger partial charge in [-0.1, -0.05) is 11.6 Å². The number of rotatable bonds is 4. The van der Waals surface area contributed by atoms with Gasteiger partial charge in [-0.3, -0.25) is 4.79 Å². The quantitative estimate of drug-likeness (QED) is 0.453. The maximum Gasteiger partial charge on any atom is 0.379 e. The Labute approximate surface area is 101 Å². The number of carbonyl (C=O) groups is 2. The van der Waals surface area contributed by atoms with Crippen molar-refractivity contribution >= 4 is 17.4 Å². The third-order valence-electron chi connectivity index (χ3n) is 2.34. The molecule has 0 saturated heterocycles. The van der Waals surface area contributed by atoms with Gasteiger partial charge in [0.2, 0.25) is 0 Å². The molecule has 4 heteroatoms. The second-order valence-corrected chi connectivity index (χ2v) is 3.96. The lowest BCUT2D eigenvalue weighted by atomic mass is 10.0. The van der Waals surface area contributed by atoms with Gasteiger partial charge in [-0.2, -0.15) is 0 Å². The van der Waals surface area contributed by atoms with Crippen LogP contribution in [-0.4, -0.2) is 32.5 Å². The molecule has 0 amide bonds. The molecule has 0 aliphatic heterocycles. The average Bonchev–Trinajstić information content (AvgIpc) is 2.27. The summed E-state index contributed by atoms with van der Waals surface area (Å²) in [5, 5.41) is 0. The number of esters is 1. The minimum Gasteiger partial charge on any atom is -0.460 e. The zero-order chi connectivity index (χ0) is 13.0. The molecule has 0 N–H and O–H groups in total. The maximum atomic E-state index is 11.9. The van der Waals surface area contributed by atoms with Crippen LogP contribution in [0.2, 0.25) is 0 Å². The average molecular weight is 235 g/mol. The van der Waals surface area contributed by atoms with Gasteiger partial charge in [0.05, 0.1) is 12.2 Å². The van der Waals surface area contributed by atoms with Crippen molar-refractivity contribution in [1.82, 2.24) is 0 Å². The van der Waals surface area contributed by atoms with E-state index in [1.54, 1.807) is 17.9 Å². The van der Waals surface area contributed by atoms with Crippen molar-refractivity contribution < 1.29 is 14.3 Å². The third kappa shape index (κ3) is 3.06. The Bertz CT molecular complexity index is 438. The van der Waals surface area contributed by atoms with Crippen molar-refractivity contribution in [2.24, 2.45) is 0 Å². The van der Waals surface area contributed by atoms with Gasteiger partial charge >= 0.3 is 5.97 Å². The molecule has 0 bridgehead atoms. The Balaban J connectivity index is 3.15. The molecule has 92 valence electrons. The first kappa shape index (κ1) is 13.2. The molecule has 0 aliphatic carbocycles. The summed E-state index contributed by atoms with van der Waals surface area (Å²) in [6.07, 6.45) is 0. The molecule has 17 heavy (non-hydrogen) atoms. The normalized spacial score (nSPS) is 9.88. The fourth-order valence-electron chi connectivity index (χ4n) is 1.53. The Morgan fingerprint density at radius 2 is 1.94 bits per heavy atom. The van der Waals surface area contributed by atoms with Gasteiger partial charge in [0.15, 0.2) is 0 Å². The Morgan fingerprint density at radius 1 is 1.29 bits per heavy atom. The lowest BCUT2D eigenvalue weighted by molar-refractivity contribution is -0.137. The molecule has 0 aromatic heterocycles. The smallest absolute Gasteiger partial charge is 0.379 e. The van der Waals surface area contributed by atoms with Crippen molar-refractivity contribution in [2.75, 3.05) is 25.6 Å². The van der Waals surface area contributed by atoms with Crippen LogP contribution in [0, 0.1) is 6.92 Å². The van der Waals surface area contributed by atoms with Crippen LogP contribution < -0.4 is 4.90 Å². The van der Waals surface area contributed by atoms with E-state index in [-0.39, 0.29) is 6.61 Å². The largest absolute Gasteiger partial charge is 0.460 e. The fourth-order valence-corrected chi connectivity index (χ4v) is 1.53. The van der Waals surface area contributed by atoms with Crippen LogP contribution in [0.1, 0.15) is 22.8 Å². The summed E-state index contributed by atoms with van der Waals surface area (Å²) in [5.41, 5.74) is 2.03. The molecule has 0 spiro atoms. The number of benzene rings is 1. The van der Waals surface area contributed by atoms with Gasteiger partial charge in [0.1, 0.15) is 0 Å². The van der Waals surface area contributed by atoms with Crippen LogP contribution in [0.25, 0.3) is 0 Å². The first-order valence-corrected chi connectivity index (χ1v) is 5.46. The van der Waals surface area contributed by atoms with Crippen LogP contribution in [-0.2, 0) is 9.53 Å². The zero-order valence-corrected chi connectivity index (χ0v) is 10.6. The molecule has 0 fully saturated rings. The van der Waals surface area contributed by atoms with Crippen LogP contribution in [0.15, 0.2) is 18.2 Å². The highest BCUT2D eigenvalue weighted by molar-refractivity contribution is 6.41. The van der Waals surface area contributed by atoms with E-state index in [2.05, 4.69) is 0 Å². The molecule has 0 atom stereocenters. The standard InChI is InChI=1S/C13H17NO3/c1-5-17-13(16)12(15)10-8-9(2)6-7-11(10)14(3)4/h6-8H,5H2,1-4H3. The summed E-state index contributed by atoms with van der Waals surface area (Å²) < 4.78 is 4.73. The van der Waals surface area contributed by atoms with Crippen molar-refractivity contribution in [3.05, 3.63) is 29.3 Å². The Morgan fingerprint density at radius 3 is 2.47 bits per heavy atom. The highest BCUT2D eigenvalue weighted by Gasteiger charge is 2.21. The number of hydrogen-bond donors (Lipinski definition) is 0. The molecule has 1 aromatic carbocycles. The van der Waals surface area contributed by atoms with E-state index in [4.69, 9.17) is 4.74 Å². The van der Waals surface area contributed by atoms with E-state index in [1.165, 1.54) is 0 Å². The third-order valence-corrected chi connectivity index (χ3v) is 2.34. The molecular formula is C13H17NO3. The van der Waals surface area contributed by atoms with Gasteiger partial charge in [0.25, 0.3) is 5.78 Å². The molecule has 0 unspecified atom stereocenters. The van der Waals surface area contributed by atoms with E-state index < -0.39 is 11.8 Å². The van der Waals surface area contributed by atoms with E-state index in [1.807, 2.05) is 33.2 Å². The lowest BCUT2D eigenvalue weighted by Crippen LogP contribution is -2.21. The number of Topliss-reactive ketones (excluding diaryl/α,β-unsaturated/α-hetero) is 1. The van der Waals surface area contributed by atoms with Crippen LogP contribution in [0.3, 0.4) is 0 Å². The number of hydrogen-bond acceptors (Lipinski definition) is 4. The van der Waals surface area contributed by atoms with Gasteiger partial charge < -0.3 is 9.64 Å². The predicted molar refractivity (Wildman–Crippen MR) is 66.5 cm³/mol. The first-order chi connectivity index (χ1) is 7.97. The summed E-state index contributed by atoms with van der Waals surface area (Å²) >= 11 is 0. The van der Waals surface area contributed by atoms with E-state index >= 15 is 0 Å². The van der Waals surface area contributed by atoms with Gasteiger partial charge in [-0.25, -0.2) is 4.79 Å². The maximum absolute atomic E-state index is 11.9. The monoisotopic (exact) mass is 235 g/mol. The number of anilines is 1. The fraction of sp³-hybridized carbons (Fsp3) is 0.385. The predicted octanol–water partition coefficient (Wildman–Crippen LogP) is 1.81. The first-order valence-electron chi connectivity index (χ1n) is 5.46. The summed E-state index contributed by atoms with van der Waals surface area (Å²) in [6, 6.07) is 5.42. The summed E-state index contributed by atoms with van der Waals surface area (Å²) in [7, 11) is 3.65. The van der Waals surface area contributed by atoms with Gasteiger partial charge in [-0.15, -0.1) is 0 Å². The van der Waals surface area contributed by atoms with E-state index in [0.29, 0.717) is 11.3 Å². The number of aryl methyl sites for hydroxylation is 1. The van der Waals surface area contributed by atoms with Crippen molar-refractivity contribution in [1.29, 1.82) is 0 Å². The van der Waals surface area contributed by atoms with Gasteiger partial charge in [0, 0.05) is 19.8 Å². The van der Waals surface area contributed by atoms with Crippen LogP contribution in [0.5, 0.6) is 0 Å². The van der Waals surface area contributed by atoms with Crippen molar-refractivity contribution in [3.8, 4) is 0 Å². The van der Waals surface area contributed by atoms with Crippen LogP contribution >= 0.6 is 0 Å².